The molecule has 2 fully saturated rings. The highest BCUT2D eigenvalue weighted by molar-refractivity contribution is 5.94. The number of hydrogen-bond acceptors (Lipinski definition) is 5. The number of anilines is 1. The minimum atomic E-state index is -0.852. The van der Waals surface area contributed by atoms with Gasteiger partial charge in [-0.05, 0) is 68.2 Å². The van der Waals surface area contributed by atoms with Crippen molar-refractivity contribution in [2.45, 2.75) is 38.9 Å². The molecule has 2 aliphatic rings. The van der Waals surface area contributed by atoms with Crippen LogP contribution in [-0.2, 0) is 17.9 Å². The lowest BCUT2D eigenvalue weighted by molar-refractivity contribution is -0.123. The second kappa shape index (κ2) is 11.5. The highest BCUT2D eigenvalue weighted by Crippen LogP contribution is 2.24. The Morgan fingerprint density at radius 3 is 2.33 bits per heavy atom. The Morgan fingerprint density at radius 2 is 1.69 bits per heavy atom. The van der Waals surface area contributed by atoms with Crippen LogP contribution in [0.4, 0.5) is 10.5 Å². The topological polar surface area (TPSA) is 91.1 Å². The maximum atomic E-state index is 13.2. The van der Waals surface area contributed by atoms with Crippen LogP contribution in [0.2, 0.25) is 0 Å². The molecule has 0 radical (unpaired) electrons. The van der Waals surface area contributed by atoms with Gasteiger partial charge < -0.3 is 14.9 Å². The lowest BCUT2D eigenvalue weighted by Gasteiger charge is -2.38. The molecule has 36 heavy (non-hydrogen) atoms. The van der Waals surface area contributed by atoms with E-state index in [1.165, 1.54) is 4.90 Å². The monoisotopic (exact) mass is 489 g/mol. The molecule has 0 aromatic heterocycles. The van der Waals surface area contributed by atoms with Gasteiger partial charge in [-0.25, -0.2) is 4.79 Å². The number of hydrogen-bond donors (Lipinski definition) is 1. The first-order valence-electron chi connectivity index (χ1n) is 12.6. The fraction of sp³-hybridized carbons (Fsp3) is 0.464. The Kier molecular flexibility index (Phi) is 8.24. The van der Waals surface area contributed by atoms with Gasteiger partial charge >= 0.3 is 6.09 Å². The molecule has 1 atom stereocenters. The van der Waals surface area contributed by atoms with Gasteiger partial charge in [-0.3, -0.25) is 14.6 Å². The molecule has 4 rings (SSSR count). The van der Waals surface area contributed by atoms with Crippen molar-refractivity contribution in [2.75, 3.05) is 44.7 Å². The minimum Gasteiger partial charge on any atom is -0.465 e. The van der Waals surface area contributed by atoms with Gasteiger partial charge in [0.05, 0.1) is 11.6 Å². The van der Waals surface area contributed by atoms with Crippen molar-refractivity contribution in [3.05, 3.63) is 65.2 Å². The summed E-state index contributed by atoms with van der Waals surface area (Å²) in [6.45, 7) is 7.22. The number of piperazine rings is 1. The molecule has 8 nitrogen and oxygen atoms in total. The van der Waals surface area contributed by atoms with Crippen molar-refractivity contribution in [2.24, 2.45) is 5.92 Å². The number of carboxylic acid groups (broad SMARTS) is 1. The Bertz CT molecular complexity index is 1100. The van der Waals surface area contributed by atoms with Crippen LogP contribution in [-0.4, -0.2) is 77.6 Å². The van der Waals surface area contributed by atoms with Crippen LogP contribution in [0.25, 0.3) is 0 Å². The molecule has 2 saturated heterocycles. The van der Waals surface area contributed by atoms with E-state index >= 15 is 0 Å². The fourth-order valence-corrected chi connectivity index (χ4v) is 5.28. The molecular formula is C28H35N5O3. The predicted molar refractivity (Wildman–Crippen MR) is 138 cm³/mol. The summed E-state index contributed by atoms with van der Waals surface area (Å²) in [5, 5.41) is 18.4. The normalized spacial score (nSPS) is 19.6. The van der Waals surface area contributed by atoms with Crippen LogP contribution in [0, 0.1) is 17.2 Å². The molecule has 0 saturated carbocycles. The third-order valence-corrected chi connectivity index (χ3v) is 7.42. The standard InChI is InChI=1S/C28H35N5O3/c1-21-18-32(14-15-33(21)28(35)36)19-22-6-8-26(9-7-22)30(2)27(34)25-10-12-31(13-11-25)20-24-5-3-4-23(16-24)17-29/h3-9,16,21,25H,10-15,18-20H2,1-2H3,(H,35,36)/t21-/m0/s1. The van der Waals surface area contributed by atoms with E-state index < -0.39 is 6.09 Å². The largest absolute Gasteiger partial charge is 0.465 e. The smallest absolute Gasteiger partial charge is 0.407 e. The molecule has 0 aliphatic carbocycles. The number of nitriles is 1. The Labute approximate surface area is 213 Å². The lowest BCUT2D eigenvalue weighted by atomic mass is 9.94. The summed E-state index contributed by atoms with van der Waals surface area (Å²) in [7, 11) is 1.85. The van der Waals surface area contributed by atoms with Crippen molar-refractivity contribution in [3.8, 4) is 6.07 Å². The van der Waals surface area contributed by atoms with Crippen molar-refractivity contribution in [1.82, 2.24) is 14.7 Å². The first kappa shape index (κ1) is 25.7. The number of benzene rings is 2. The minimum absolute atomic E-state index is 0.0170. The molecule has 2 aromatic carbocycles. The van der Waals surface area contributed by atoms with Gasteiger partial charge in [0, 0.05) is 57.4 Å². The zero-order valence-electron chi connectivity index (χ0n) is 21.1. The summed E-state index contributed by atoms with van der Waals surface area (Å²) in [5.41, 5.74) is 3.86. The van der Waals surface area contributed by atoms with E-state index in [4.69, 9.17) is 5.26 Å². The van der Waals surface area contributed by atoms with E-state index in [2.05, 4.69) is 28.0 Å². The molecule has 8 heteroatoms. The maximum absolute atomic E-state index is 13.2. The van der Waals surface area contributed by atoms with Crippen molar-refractivity contribution in [3.63, 3.8) is 0 Å². The van der Waals surface area contributed by atoms with E-state index in [0.717, 1.165) is 68.9 Å². The van der Waals surface area contributed by atoms with E-state index in [1.807, 2.05) is 50.4 Å². The molecule has 2 aromatic rings. The van der Waals surface area contributed by atoms with Crippen LogP contribution in [0.5, 0.6) is 0 Å². The number of rotatable bonds is 6. The summed E-state index contributed by atoms with van der Waals surface area (Å²) in [6, 6.07) is 18.0. The molecule has 2 aliphatic heterocycles. The third-order valence-electron chi connectivity index (χ3n) is 7.42. The van der Waals surface area contributed by atoms with Crippen LogP contribution in [0.1, 0.15) is 36.5 Å². The SMILES string of the molecule is C[C@H]1CN(Cc2ccc(N(C)C(=O)C3CCN(Cc4cccc(C#N)c4)CC3)cc2)CCN1C(=O)O. The molecule has 1 N–H and O–H groups in total. The lowest BCUT2D eigenvalue weighted by Crippen LogP contribution is -2.53. The predicted octanol–water partition coefficient (Wildman–Crippen LogP) is 3.62. The molecule has 2 amide bonds. The number of carbonyl (C=O) groups is 2. The highest BCUT2D eigenvalue weighted by Gasteiger charge is 2.29. The molecule has 0 spiro atoms. The van der Waals surface area contributed by atoms with E-state index in [-0.39, 0.29) is 17.9 Å². The number of carbonyl (C=O) groups excluding carboxylic acids is 1. The second-order valence-corrected chi connectivity index (χ2v) is 9.99. The number of nitrogens with zero attached hydrogens (tertiary/aromatic N) is 5. The maximum Gasteiger partial charge on any atom is 0.407 e. The van der Waals surface area contributed by atoms with E-state index in [1.54, 1.807) is 4.90 Å². The van der Waals surface area contributed by atoms with E-state index in [9.17, 15) is 14.7 Å². The number of likely N-dealkylation sites (tertiary alicyclic amines) is 1. The summed E-state index contributed by atoms with van der Waals surface area (Å²) in [4.78, 5) is 32.4. The first-order valence-corrected chi connectivity index (χ1v) is 12.6. The van der Waals surface area contributed by atoms with Gasteiger partial charge in [-0.1, -0.05) is 24.3 Å². The van der Waals surface area contributed by atoms with Gasteiger partial charge in [-0.2, -0.15) is 5.26 Å². The van der Waals surface area contributed by atoms with Gasteiger partial charge in [-0.15, -0.1) is 0 Å². The summed E-state index contributed by atoms with van der Waals surface area (Å²) in [5.74, 6) is 0.177. The number of piperidine rings is 1. The van der Waals surface area contributed by atoms with Gasteiger partial charge in [0.15, 0.2) is 0 Å². The van der Waals surface area contributed by atoms with Crippen molar-refractivity contribution in [1.29, 1.82) is 5.26 Å². The Morgan fingerprint density at radius 1 is 1.00 bits per heavy atom. The van der Waals surface area contributed by atoms with Gasteiger partial charge in [0.1, 0.15) is 0 Å². The third kappa shape index (κ3) is 6.23. The van der Waals surface area contributed by atoms with Crippen LogP contribution >= 0.6 is 0 Å². The average Bonchev–Trinajstić information content (AvgIpc) is 2.89. The highest BCUT2D eigenvalue weighted by atomic mass is 16.4. The van der Waals surface area contributed by atoms with E-state index in [0.29, 0.717) is 12.1 Å². The van der Waals surface area contributed by atoms with Crippen molar-refractivity contribution < 1.29 is 14.7 Å². The van der Waals surface area contributed by atoms with Crippen LogP contribution in [0.15, 0.2) is 48.5 Å². The number of amides is 2. The molecule has 2 heterocycles. The Balaban J connectivity index is 1.26. The zero-order valence-corrected chi connectivity index (χ0v) is 21.1. The van der Waals surface area contributed by atoms with Crippen molar-refractivity contribution >= 4 is 17.7 Å². The zero-order chi connectivity index (χ0) is 25.7. The van der Waals surface area contributed by atoms with Crippen LogP contribution in [0.3, 0.4) is 0 Å². The molecule has 190 valence electrons. The Hall–Kier alpha value is -3.41. The summed E-state index contributed by atoms with van der Waals surface area (Å²) >= 11 is 0. The average molecular weight is 490 g/mol. The summed E-state index contributed by atoms with van der Waals surface area (Å²) in [6.07, 6.45) is 0.814. The molecular weight excluding hydrogens is 454 g/mol. The quantitative estimate of drug-likeness (QED) is 0.667. The first-order chi connectivity index (χ1) is 17.3. The van der Waals surface area contributed by atoms with Gasteiger partial charge in [0.25, 0.3) is 0 Å². The van der Waals surface area contributed by atoms with Crippen LogP contribution < -0.4 is 4.90 Å². The fourth-order valence-electron chi connectivity index (χ4n) is 5.28. The second-order valence-electron chi connectivity index (χ2n) is 9.99. The van der Waals surface area contributed by atoms with Gasteiger partial charge in [0.2, 0.25) is 5.91 Å². The molecule has 0 unspecified atom stereocenters. The molecule has 0 bridgehead atoms. The summed E-state index contributed by atoms with van der Waals surface area (Å²) < 4.78 is 0.